The Morgan fingerprint density at radius 1 is 1.12 bits per heavy atom. The van der Waals surface area contributed by atoms with E-state index in [1.54, 1.807) is 18.0 Å². The number of aromatic nitrogens is 5. The van der Waals surface area contributed by atoms with Gasteiger partial charge in [0.05, 0.1) is 5.69 Å². The number of rotatable bonds is 4. The maximum absolute atomic E-state index is 4.68. The summed E-state index contributed by atoms with van der Waals surface area (Å²) < 4.78 is 1.83. The van der Waals surface area contributed by atoms with Crippen molar-refractivity contribution in [2.75, 3.05) is 19.3 Å². The van der Waals surface area contributed by atoms with E-state index in [9.17, 15) is 0 Å². The van der Waals surface area contributed by atoms with Gasteiger partial charge in [0.2, 0.25) is 5.16 Å². The summed E-state index contributed by atoms with van der Waals surface area (Å²) in [6, 6.07) is 10.3. The number of thioether (sulfide) groups is 1. The normalized spacial score (nSPS) is 19.0. The lowest BCUT2D eigenvalue weighted by Crippen LogP contribution is -2.37. The van der Waals surface area contributed by atoms with Gasteiger partial charge in [-0.15, -0.1) is 10.2 Å². The van der Waals surface area contributed by atoms with Crippen molar-refractivity contribution in [3.8, 4) is 11.4 Å². The van der Waals surface area contributed by atoms with E-state index < -0.39 is 0 Å². The van der Waals surface area contributed by atoms with Gasteiger partial charge in [-0.3, -0.25) is 4.98 Å². The molecule has 4 rings (SSSR count). The van der Waals surface area contributed by atoms with Gasteiger partial charge in [-0.1, -0.05) is 24.2 Å². The fourth-order valence-corrected chi connectivity index (χ4v) is 4.15. The van der Waals surface area contributed by atoms with Crippen LogP contribution in [0.25, 0.3) is 17.0 Å². The van der Waals surface area contributed by atoms with E-state index in [0.717, 1.165) is 27.9 Å². The lowest BCUT2D eigenvalue weighted by atomic mass is 10.1. The third-order valence-electron chi connectivity index (χ3n) is 4.49. The van der Waals surface area contributed by atoms with Crippen molar-refractivity contribution in [3.05, 3.63) is 36.5 Å². The van der Waals surface area contributed by atoms with Crippen LogP contribution in [0.1, 0.15) is 19.3 Å². The maximum atomic E-state index is 4.68. The van der Waals surface area contributed by atoms with E-state index in [4.69, 9.17) is 0 Å². The van der Waals surface area contributed by atoms with Crippen molar-refractivity contribution in [3.63, 3.8) is 0 Å². The summed E-state index contributed by atoms with van der Waals surface area (Å²) in [5.74, 6) is 1.02. The topological polar surface area (TPSA) is 59.2 Å². The number of nitrogens with zero attached hydrogens (tertiary/aromatic N) is 6. The number of hydrogen-bond donors (Lipinski definition) is 0. The number of likely N-dealkylation sites (tertiary alicyclic amines) is 1. The van der Waals surface area contributed by atoms with Gasteiger partial charge in [-0.05, 0) is 50.7 Å². The highest BCUT2D eigenvalue weighted by Gasteiger charge is 2.20. The Morgan fingerprint density at radius 3 is 2.92 bits per heavy atom. The summed E-state index contributed by atoms with van der Waals surface area (Å²) in [5.41, 5.74) is 2.46. The van der Waals surface area contributed by atoms with Gasteiger partial charge in [-0.2, -0.15) is 9.61 Å². The molecule has 7 heteroatoms. The molecule has 0 bridgehead atoms. The van der Waals surface area contributed by atoms with Crippen LogP contribution >= 0.6 is 11.8 Å². The summed E-state index contributed by atoms with van der Waals surface area (Å²) >= 11 is 1.74. The van der Waals surface area contributed by atoms with Crippen LogP contribution in [0.5, 0.6) is 0 Å². The first-order chi connectivity index (χ1) is 11.8. The fourth-order valence-electron chi connectivity index (χ4n) is 3.04. The van der Waals surface area contributed by atoms with E-state index in [1.807, 2.05) is 34.8 Å². The number of pyridine rings is 1. The molecule has 0 N–H and O–H groups in total. The fraction of sp³-hybridized carbons (Fsp3) is 0.412. The predicted molar refractivity (Wildman–Crippen MR) is 95.0 cm³/mol. The Kier molecular flexibility index (Phi) is 4.44. The smallest absolute Gasteiger partial charge is 0.212 e. The molecule has 1 fully saturated rings. The average molecular weight is 340 g/mol. The second-order valence-electron chi connectivity index (χ2n) is 6.13. The monoisotopic (exact) mass is 340 g/mol. The molecule has 1 saturated heterocycles. The molecule has 4 heterocycles. The second-order valence-corrected chi connectivity index (χ2v) is 7.11. The van der Waals surface area contributed by atoms with E-state index in [0.29, 0.717) is 6.04 Å². The zero-order chi connectivity index (χ0) is 16.4. The van der Waals surface area contributed by atoms with E-state index in [-0.39, 0.29) is 0 Å². The zero-order valence-electron chi connectivity index (χ0n) is 13.7. The molecule has 0 amide bonds. The molecule has 1 atom stereocenters. The highest BCUT2D eigenvalue weighted by atomic mass is 32.2. The molecule has 1 aliphatic rings. The highest BCUT2D eigenvalue weighted by molar-refractivity contribution is 7.99. The van der Waals surface area contributed by atoms with Gasteiger partial charge in [0.1, 0.15) is 5.69 Å². The van der Waals surface area contributed by atoms with Crippen LogP contribution in [-0.2, 0) is 0 Å². The summed E-state index contributed by atoms with van der Waals surface area (Å²) in [4.78, 5) is 6.82. The molecule has 3 aromatic rings. The predicted octanol–water partition coefficient (Wildman–Crippen LogP) is 2.76. The van der Waals surface area contributed by atoms with Crippen LogP contribution in [0.2, 0.25) is 0 Å². The van der Waals surface area contributed by atoms with E-state index >= 15 is 0 Å². The molecular formula is C17H20N6S. The van der Waals surface area contributed by atoms with Crippen LogP contribution in [0.3, 0.4) is 0 Å². The van der Waals surface area contributed by atoms with Crippen molar-refractivity contribution < 1.29 is 0 Å². The van der Waals surface area contributed by atoms with Gasteiger partial charge in [0.15, 0.2) is 5.65 Å². The molecular weight excluding hydrogens is 320 g/mol. The van der Waals surface area contributed by atoms with E-state index in [1.165, 1.54) is 25.8 Å². The minimum absolute atomic E-state index is 0.607. The summed E-state index contributed by atoms with van der Waals surface area (Å²) in [5, 5.41) is 14.1. The number of hydrogen-bond acceptors (Lipinski definition) is 6. The second kappa shape index (κ2) is 6.86. The third-order valence-corrected chi connectivity index (χ3v) is 5.55. The van der Waals surface area contributed by atoms with E-state index in [2.05, 4.69) is 32.2 Å². The van der Waals surface area contributed by atoms with Gasteiger partial charge in [0.25, 0.3) is 0 Å². The van der Waals surface area contributed by atoms with Gasteiger partial charge in [-0.25, -0.2) is 0 Å². The molecule has 1 aliphatic heterocycles. The Labute approximate surface area is 145 Å². The van der Waals surface area contributed by atoms with Gasteiger partial charge in [0, 0.05) is 18.0 Å². The molecule has 0 spiro atoms. The van der Waals surface area contributed by atoms with Crippen LogP contribution in [0.15, 0.2) is 41.7 Å². The molecule has 0 aromatic carbocycles. The molecule has 0 unspecified atom stereocenters. The average Bonchev–Trinajstić information content (AvgIpc) is 3.04. The summed E-state index contributed by atoms with van der Waals surface area (Å²) in [6.45, 7) is 1.19. The van der Waals surface area contributed by atoms with Crippen molar-refractivity contribution >= 4 is 17.4 Å². The van der Waals surface area contributed by atoms with Crippen molar-refractivity contribution in [1.29, 1.82) is 0 Å². The maximum Gasteiger partial charge on any atom is 0.212 e. The highest BCUT2D eigenvalue weighted by Crippen LogP contribution is 2.24. The number of piperidine rings is 1. The summed E-state index contributed by atoms with van der Waals surface area (Å²) in [7, 11) is 2.21. The standard InChI is InChI=1S/C17H20N6S/c1-22-11-5-3-6-13(22)12-24-17-20-19-16-9-8-15(21-23(16)17)14-7-2-4-10-18-14/h2,4,7-10,13H,3,5-6,11-12H2,1H3/t13-/m1/s1. The lowest BCUT2D eigenvalue weighted by molar-refractivity contribution is 0.204. The van der Waals surface area contributed by atoms with Crippen LogP contribution < -0.4 is 0 Å². The first-order valence-electron chi connectivity index (χ1n) is 8.28. The molecule has 3 aromatic heterocycles. The van der Waals surface area contributed by atoms with Crippen molar-refractivity contribution in [2.45, 2.75) is 30.5 Å². The van der Waals surface area contributed by atoms with Crippen molar-refractivity contribution in [2.24, 2.45) is 0 Å². The first kappa shape index (κ1) is 15.5. The third kappa shape index (κ3) is 3.14. The van der Waals surface area contributed by atoms with Crippen LogP contribution in [0.4, 0.5) is 0 Å². The Hall–Kier alpha value is -1.99. The van der Waals surface area contributed by atoms with Gasteiger partial charge < -0.3 is 4.90 Å². The molecule has 6 nitrogen and oxygen atoms in total. The molecule has 0 radical (unpaired) electrons. The minimum Gasteiger partial charge on any atom is -0.303 e. The molecule has 0 saturated carbocycles. The molecule has 124 valence electrons. The minimum atomic E-state index is 0.607. The van der Waals surface area contributed by atoms with Crippen LogP contribution in [-0.4, -0.2) is 55.1 Å². The lowest BCUT2D eigenvalue weighted by Gasteiger charge is -2.31. The quantitative estimate of drug-likeness (QED) is 0.681. The zero-order valence-corrected chi connectivity index (χ0v) is 14.5. The summed E-state index contributed by atoms with van der Waals surface area (Å²) in [6.07, 6.45) is 5.66. The molecule has 24 heavy (non-hydrogen) atoms. The van der Waals surface area contributed by atoms with Crippen LogP contribution in [0, 0.1) is 0 Å². The number of fused-ring (bicyclic) bond motifs is 1. The SMILES string of the molecule is CN1CCCC[C@@H]1CSc1nnc2ccc(-c3ccccn3)nn12. The first-order valence-corrected chi connectivity index (χ1v) is 9.27. The Bertz CT molecular complexity index is 818. The molecule has 0 aliphatic carbocycles. The Morgan fingerprint density at radius 2 is 2.08 bits per heavy atom. The Balaban J connectivity index is 1.57. The largest absolute Gasteiger partial charge is 0.303 e. The van der Waals surface area contributed by atoms with Gasteiger partial charge >= 0.3 is 0 Å². The van der Waals surface area contributed by atoms with Crippen molar-refractivity contribution in [1.82, 2.24) is 29.7 Å².